The van der Waals surface area contributed by atoms with E-state index in [2.05, 4.69) is 40.8 Å². The molecule has 1 N–H and O–H groups in total. The van der Waals surface area contributed by atoms with Crippen molar-refractivity contribution in [1.82, 2.24) is 20.0 Å². The highest BCUT2D eigenvalue weighted by molar-refractivity contribution is 6.31. The minimum absolute atomic E-state index is 0.594. The third kappa shape index (κ3) is 3.30. The van der Waals surface area contributed by atoms with Crippen LogP contribution in [-0.4, -0.2) is 40.4 Å². The normalized spacial score (nSPS) is 21.6. The van der Waals surface area contributed by atoms with Gasteiger partial charge in [0, 0.05) is 32.2 Å². The Morgan fingerprint density at radius 2 is 2.16 bits per heavy atom. The van der Waals surface area contributed by atoms with E-state index in [9.17, 15) is 0 Å². The zero-order valence-electron chi connectivity index (χ0n) is 12.2. The topological polar surface area (TPSA) is 33.1 Å². The molecular weight excluding hydrogens is 260 g/mol. The predicted octanol–water partition coefficient (Wildman–Crippen LogP) is 2.30. The Labute approximate surface area is 121 Å². The molecule has 1 aliphatic heterocycles. The smallest absolute Gasteiger partial charge is 0.0863 e. The van der Waals surface area contributed by atoms with Gasteiger partial charge in [0.15, 0.2) is 0 Å². The monoisotopic (exact) mass is 284 g/mol. The van der Waals surface area contributed by atoms with E-state index in [1.165, 1.54) is 12.1 Å². The maximum atomic E-state index is 6.49. The SMILES string of the molecule is CCc1nn(CC)c(CN2CCNCCC2C)c1Cl. The highest BCUT2D eigenvalue weighted by Crippen LogP contribution is 2.24. The summed E-state index contributed by atoms with van der Waals surface area (Å²) in [5, 5.41) is 8.93. The van der Waals surface area contributed by atoms with Crippen molar-refractivity contribution in [2.24, 2.45) is 0 Å². The molecule has 4 nitrogen and oxygen atoms in total. The summed E-state index contributed by atoms with van der Waals surface area (Å²) in [4.78, 5) is 2.51. The van der Waals surface area contributed by atoms with Gasteiger partial charge >= 0.3 is 0 Å². The first-order valence-electron chi connectivity index (χ1n) is 7.36. The number of hydrogen-bond donors (Lipinski definition) is 1. The summed E-state index contributed by atoms with van der Waals surface area (Å²) in [7, 11) is 0. The van der Waals surface area contributed by atoms with Gasteiger partial charge in [-0.1, -0.05) is 18.5 Å². The van der Waals surface area contributed by atoms with Crippen LogP contribution in [0.3, 0.4) is 0 Å². The number of aromatic nitrogens is 2. The first-order valence-corrected chi connectivity index (χ1v) is 7.74. The van der Waals surface area contributed by atoms with Crippen LogP contribution in [-0.2, 0) is 19.5 Å². The van der Waals surface area contributed by atoms with Gasteiger partial charge in [0.2, 0.25) is 0 Å². The molecule has 1 unspecified atom stereocenters. The van der Waals surface area contributed by atoms with Gasteiger partial charge in [-0.05, 0) is 33.2 Å². The quantitative estimate of drug-likeness (QED) is 0.921. The molecule has 5 heteroatoms. The first-order chi connectivity index (χ1) is 9.17. The molecule has 19 heavy (non-hydrogen) atoms. The van der Waals surface area contributed by atoms with Crippen LogP contribution in [0.1, 0.15) is 38.6 Å². The first kappa shape index (κ1) is 14.8. The molecule has 108 valence electrons. The summed E-state index contributed by atoms with van der Waals surface area (Å²) >= 11 is 6.49. The Morgan fingerprint density at radius 3 is 2.84 bits per heavy atom. The fourth-order valence-electron chi connectivity index (χ4n) is 2.66. The molecule has 1 aromatic rings. The van der Waals surface area contributed by atoms with Gasteiger partial charge in [-0.25, -0.2) is 0 Å². The number of nitrogens with zero attached hydrogens (tertiary/aromatic N) is 3. The molecule has 0 saturated carbocycles. The van der Waals surface area contributed by atoms with Gasteiger partial charge in [-0.15, -0.1) is 0 Å². The van der Waals surface area contributed by atoms with Gasteiger partial charge in [0.05, 0.1) is 16.4 Å². The average molecular weight is 285 g/mol. The summed E-state index contributed by atoms with van der Waals surface area (Å²) in [5.74, 6) is 0. The number of nitrogens with one attached hydrogen (secondary N) is 1. The lowest BCUT2D eigenvalue weighted by molar-refractivity contribution is 0.205. The van der Waals surface area contributed by atoms with Crippen LogP contribution >= 0.6 is 11.6 Å². The Hall–Kier alpha value is -0.580. The molecule has 0 spiro atoms. The summed E-state index contributed by atoms with van der Waals surface area (Å²) < 4.78 is 2.06. The standard InChI is InChI=1S/C14H25ClN4/c1-4-12-14(15)13(19(5-2)17-12)10-18-9-8-16-7-6-11(18)3/h11,16H,4-10H2,1-3H3. The molecule has 1 fully saturated rings. The Kier molecular flexibility index (Phi) is 5.25. The number of aryl methyl sites for hydroxylation is 2. The van der Waals surface area contributed by atoms with Crippen molar-refractivity contribution >= 4 is 11.6 Å². The Balaban J connectivity index is 2.19. The van der Waals surface area contributed by atoms with Crippen molar-refractivity contribution in [2.75, 3.05) is 19.6 Å². The van der Waals surface area contributed by atoms with E-state index in [0.717, 1.165) is 49.9 Å². The van der Waals surface area contributed by atoms with Gasteiger partial charge in [-0.2, -0.15) is 5.10 Å². The molecule has 1 atom stereocenters. The molecular formula is C14H25ClN4. The van der Waals surface area contributed by atoms with E-state index in [0.29, 0.717) is 6.04 Å². The molecule has 0 aliphatic carbocycles. The van der Waals surface area contributed by atoms with Crippen LogP contribution in [0.2, 0.25) is 5.02 Å². The number of halogens is 1. The third-order valence-electron chi connectivity index (χ3n) is 3.99. The average Bonchev–Trinajstić information content (AvgIpc) is 2.57. The van der Waals surface area contributed by atoms with E-state index in [-0.39, 0.29) is 0 Å². The van der Waals surface area contributed by atoms with E-state index in [1.54, 1.807) is 0 Å². The van der Waals surface area contributed by atoms with E-state index < -0.39 is 0 Å². The summed E-state index contributed by atoms with van der Waals surface area (Å²) in [6, 6.07) is 0.594. The van der Waals surface area contributed by atoms with Gasteiger partial charge in [0.1, 0.15) is 0 Å². The van der Waals surface area contributed by atoms with Crippen LogP contribution in [0.4, 0.5) is 0 Å². The van der Waals surface area contributed by atoms with E-state index in [1.807, 2.05) is 0 Å². The minimum atomic E-state index is 0.594. The fraction of sp³-hybridized carbons (Fsp3) is 0.786. The van der Waals surface area contributed by atoms with Crippen LogP contribution in [0, 0.1) is 0 Å². The molecule has 0 radical (unpaired) electrons. The molecule has 2 rings (SSSR count). The third-order valence-corrected chi connectivity index (χ3v) is 4.42. The van der Waals surface area contributed by atoms with Crippen LogP contribution in [0.15, 0.2) is 0 Å². The van der Waals surface area contributed by atoms with Gasteiger partial charge in [0.25, 0.3) is 0 Å². The minimum Gasteiger partial charge on any atom is -0.315 e. The van der Waals surface area contributed by atoms with Crippen molar-refractivity contribution in [1.29, 1.82) is 0 Å². The van der Waals surface area contributed by atoms with Crippen molar-refractivity contribution in [3.63, 3.8) is 0 Å². The molecule has 0 bridgehead atoms. The van der Waals surface area contributed by atoms with Crippen molar-refractivity contribution in [2.45, 2.75) is 52.7 Å². The zero-order valence-corrected chi connectivity index (χ0v) is 13.0. The second-order valence-electron chi connectivity index (χ2n) is 5.23. The summed E-state index contributed by atoms with van der Waals surface area (Å²) in [5.41, 5.74) is 2.20. The molecule has 2 heterocycles. The molecule has 0 amide bonds. The highest BCUT2D eigenvalue weighted by Gasteiger charge is 2.21. The second-order valence-corrected chi connectivity index (χ2v) is 5.61. The van der Waals surface area contributed by atoms with Crippen molar-refractivity contribution in [3.8, 4) is 0 Å². The summed E-state index contributed by atoms with van der Waals surface area (Å²) in [6.07, 6.45) is 2.09. The molecule has 1 aliphatic rings. The van der Waals surface area contributed by atoms with Gasteiger partial charge in [-0.3, -0.25) is 9.58 Å². The zero-order chi connectivity index (χ0) is 13.8. The largest absolute Gasteiger partial charge is 0.315 e. The van der Waals surface area contributed by atoms with Crippen molar-refractivity contribution in [3.05, 3.63) is 16.4 Å². The summed E-state index contributed by atoms with van der Waals surface area (Å²) in [6.45, 7) is 11.6. The molecule has 1 aromatic heterocycles. The maximum absolute atomic E-state index is 6.49. The lowest BCUT2D eigenvalue weighted by Gasteiger charge is -2.26. The highest BCUT2D eigenvalue weighted by atomic mass is 35.5. The van der Waals surface area contributed by atoms with E-state index in [4.69, 9.17) is 11.6 Å². The van der Waals surface area contributed by atoms with Crippen LogP contribution in [0.5, 0.6) is 0 Å². The molecule has 0 aromatic carbocycles. The lowest BCUT2D eigenvalue weighted by atomic mass is 10.2. The molecule has 1 saturated heterocycles. The lowest BCUT2D eigenvalue weighted by Crippen LogP contribution is -2.34. The van der Waals surface area contributed by atoms with E-state index >= 15 is 0 Å². The van der Waals surface area contributed by atoms with Crippen LogP contribution in [0.25, 0.3) is 0 Å². The Morgan fingerprint density at radius 1 is 1.37 bits per heavy atom. The fourth-order valence-corrected chi connectivity index (χ4v) is 2.99. The Bertz CT molecular complexity index is 416. The number of rotatable bonds is 4. The number of hydrogen-bond acceptors (Lipinski definition) is 3. The predicted molar refractivity (Wildman–Crippen MR) is 79.6 cm³/mol. The van der Waals surface area contributed by atoms with Crippen molar-refractivity contribution < 1.29 is 0 Å². The second kappa shape index (κ2) is 6.73. The van der Waals surface area contributed by atoms with Gasteiger partial charge < -0.3 is 5.32 Å². The van der Waals surface area contributed by atoms with Crippen LogP contribution < -0.4 is 5.32 Å². The maximum Gasteiger partial charge on any atom is 0.0863 e.